The number of halogens is 2. The molecule has 1 aromatic heterocycles. The Labute approximate surface area is 162 Å². The van der Waals surface area contributed by atoms with Crippen molar-refractivity contribution in [1.29, 1.82) is 0 Å². The van der Waals surface area contributed by atoms with Crippen molar-refractivity contribution < 1.29 is 18.1 Å². The number of rotatable bonds is 4. The molecule has 150 valence electrons. The number of hydrazine groups is 1. The molecule has 0 bridgehead atoms. The molecule has 6 nitrogen and oxygen atoms in total. The van der Waals surface area contributed by atoms with Gasteiger partial charge in [0.1, 0.15) is 17.4 Å². The fraction of sp³-hybridized carbons (Fsp3) is 0.500. The number of nitrogens with one attached hydrogen (secondary N) is 2. The fourth-order valence-electron chi connectivity index (χ4n) is 4.30. The molecule has 3 heterocycles. The van der Waals surface area contributed by atoms with Gasteiger partial charge < -0.3 is 9.42 Å². The lowest BCUT2D eigenvalue weighted by atomic mass is 9.86. The molecule has 0 radical (unpaired) electrons. The minimum absolute atomic E-state index is 0.0334. The van der Waals surface area contributed by atoms with Gasteiger partial charge in [-0.15, -0.1) is 0 Å². The van der Waals surface area contributed by atoms with Gasteiger partial charge in [0, 0.05) is 30.8 Å². The van der Waals surface area contributed by atoms with Crippen molar-refractivity contribution in [2.45, 2.75) is 50.6 Å². The number of likely N-dealkylation sites (tertiary alicyclic amines) is 1. The summed E-state index contributed by atoms with van der Waals surface area (Å²) in [5.41, 5.74) is 7.37. The zero-order chi connectivity index (χ0) is 19.7. The van der Waals surface area contributed by atoms with Gasteiger partial charge in [0.25, 0.3) is 0 Å². The zero-order valence-corrected chi connectivity index (χ0v) is 15.8. The van der Waals surface area contributed by atoms with Gasteiger partial charge in [-0.05, 0) is 44.4 Å². The van der Waals surface area contributed by atoms with Gasteiger partial charge in [0.15, 0.2) is 0 Å². The van der Waals surface area contributed by atoms with E-state index in [1.807, 2.05) is 17.9 Å². The van der Waals surface area contributed by atoms with E-state index in [1.165, 1.54) is 0 Å². The van der Waals surface area contributed by atoms with Gasteiger partial charge in [0.2, 0.25) is 5.91 Å². The first-order valence-corrected chi connectivity index (χ1v) is 9.68. The number of nitrogens with zero attached hydrogens (tertiary/aromatic N) is 2. The average molecular weight is 390 g/mol. The highest BCUT2D eigenvalue weighted by Gasteiger charge is 2.41. The van der Waals surface area contributed by atoms with Crippen LogP contribution < -0.4 is 10.9 Å². The lowest BCUT2D eigenvalue weighted by Gasteiger charge is -2.40. The summed E-state index contributed by atoms with van der Waals surface area (Å²) in [5.74, 6) is -0.448. The van der Waals surface area contributed by atoms with Gasteiger partial charge in [-0.1, -0.05) is 5.16 Å². The van der Waals surface area contributed by atoms with E-state index in [0.717, 1.165) is 48.9 Å². The fourth-order valence-corrected chi connectivity index (χ4v) is 4.30. The number of aromatic nitrogens is 1. The molecule has 2 saturated heterocycles. The second-order valence-corrected chi connectivity index (χ2v) is 7.59. The van der Waals surface area contributed by atoms with Crippen molar-refractivity contribution in [3.63, 3.8) is 0 Å². The summed E-state index contributed by atoms with van der Waals surface area (Å²) >= 11 is 0. The number of carbonyl (C=O) groups is 1. The lowest BCUT2D eigenvalue weighted by Crippen LogP contribution is -2.55. The van der Waals surface area contributed by atoms with Crippen LogP contribution in [0.25, 0.3) is 0 Å². The van der Waals surface area contributed by atoms with Gasteiger partial charge in [-0.25, -0.2) is 8.78 Å². The molecule has 0 saturated carbocycles. The maximum Gasteiger partial charge on any atom is 0.227 e. The first-order chi connectivity index (χ1) is 13.5. The average Bonchev–Trinajstić information content (AvgIpc) is 3.33. The third-order valence-corrected chi connectivity index (χ3v) is 5.67. The quantitative estimate of drug-likeness (QED) is 0.839. The Morgan fingerprint density at radius 1 is 1.32 bits per heavy atom. The van der Waals surface area contributed by atoms with E-state index >= 15 is 0 Å². The summed E-state index contributed by atoms with van der Waals surface area (Å²) in [5, 5.41) is 3.98. The van der Waals surface area contributed by atoms with E-state index in [2.05, 4.69) is 16.0 Å². The van der Waals surface area contributed by atoms with Crippen molar-refractivity contribution in [2.24, 2.45) is 0 Å². The molecule has 3 atom stereocenters. The molecule has 2 aromatic rings. The van der Waals surface area contributed by atoms with Crippen LogP contribution in [0.15, 0.2) is 28.8 Å². The van der Waals surface area contributed by atoms with E-state index in [1.54, 1.807) is 0 Å². The van der Waals surface area contributed by atoms with Gasteiger partial charge in [-0.3, -0.25) is 15.6 Å². The third kappa shape index (κ3) is 3.79. The van der Waals surface area contributed by atoms with E-state index in [9.17, 15) is 13.6 Å². The van der Waals surface area contributed by atoms with Crippen LogP contribution in [0.4, 0.5) is 8.78 Å². The minimum atomic E-state index is -0.557. The van der Waals surface area contributed by atoms with E-state index < -0.39 is 11.6 Å². The maximum atomic E-state index is 14.0. The van der Waals surface area contributed by atoms with Crippen LogP contribution in [0.3, 0.4) is 0 Å². The van der Waals surface area contributed by atoms with Gasteiger partial charge in [-0.2, -0.15) is 0 Å². The molecule has 4 rings (SSSR count). The Hall–Kier alpha value is -2.32. The molecule has 28 heavy (non-hydrogen) atoms. The van der Waals surface area contributed by atoms with Gasteiger partial charge >= 0.3 is 0 Å². The normalized spacial score (nSPS) is 25.2. The van der Waals surface area contributed by atoms with Crippen molar-refractivity contribution >= 4 is 5.91 Å². The van der Waals surface area contributed by atoms with E-state index in [0.29, 0.717) is 13.1 Å². The van der Waals surface area contributed by atoms with Crippen LogP contribution in [0, 0.1) is 18.6 Å². The second-order valence-electron chi connectivity index (χ2n) is 7.59. The SMILES string of the molecule is Cc1cc(C2CNNC2C2CCCCN2C(=O)Cc2cc(F)ccc2F)on1. The summed E-state index contributed by atoms with van der Waals surface area (Å²) < 4.78 is 32.9. The van der Waals surface area contributed by atoms with Crippen LogP contribution in [0.5, 0.6) is 0 Å². The zero-order valence-electron chi connectivity index (χ0n) is 15.8. The highest BCUT2D eigenvalue weighted by Crippen LogP contribution is 2.31. The van der Waals surface area contributed by atoms with E-state index in [4.69, 9.17) is 4.52 Å². The number of hydrogen-bond donors (Lipinski definition) is 2. The number of carbonyl (C=O) groups excluding carboxylic acids is 1. The van der Waals surface area contributed by atoms with Crippen LogP contribution >= 0.6 is 0 Å². The first-order valence-electron chi connectivity index (χ1n) is 9.68. The van der Waals surface area contributed by atoms with Gasteiger partial charge in [0.05, 0.1) is 24.1 Å². The molecule has 2 aliphatic rings. The van der Waals surface area contributed by atoms with Crippen molar-refractivity contribution in [3.05, 3.63) is 52.9 Å². The summed E-state index contributed by atoms with van der Waals surface area (Å²) in [7, 11) is 0. The Balaban J connectivity index is 1.54. The molecule has 0 spiro atoms. The Bertz CT molecular complexity index is 856. The number of amides is 1. The number of piperidine rings is 1. The molecule has 8 heteroatoms. The molecule has 0 aliphatic carbocycles. The summed E-state index contributed by atoms with van der Waals surface area (Å²) in [4.78, 5) is 14.8. The maximum absolute atomic E-state index is 14.0. The smallest absolute Gasteiger partial charge is 0.227 e. The molecule has 3 unspecified atom stereocenters. The number of aryl methyl sites for hydroxylation is 1. The third-order valence-electron chi connectivity index (χ3n) is 5.67. The summed E-state index contributed by atoms with van der Waals surface area (Å²) in [6.45, 7) is 3.17. The Morgan fingerprint density at radius 3 is 2.96 bits per heavy atom. The van der Waals surface area contributed by atoms with Crippen LogP contribution in [-0.4, -0.2) is 41.1 Å². The largest absolute Gasteiger partial charge is 0.361 e. The Kier molecular flexibility index (Phi) is 5.41. The van der Waals surface area contributed by atoms with Crippen molar-refractivity contribution in [1.82, 2.24) is 20.9 Å². The lowest BCUT2D eigenvalue weighted by molar-refractivity contribution is -0.135. The second kappa shape index (κ2) is 7.97. The molecule has 1 aromatic carbocycles. The summed E-state index contributed by atoms with van der Waals surface area (Å²) in [6, 6.07) is 5.06. The van der Waals surface area contributed by atoms with Crippen molar-refractivity contribution in [3.8, 4) is 0 Å². The molecule has 2 aliphatic heterocycles. The van der Waals surface area contributed by atoms with Crippen LogP contribution in [-0.2, 0) is 11.2 Å². The Morgan fingerprint density at radius 2 is 2.18 bits per heavy atom. The highest BCUT2D eigenvalue weighted by molar-refractivity contribution is 5.79. The molecular formula is C20H24F2N4O2. The topological polar surface area (TPSA) is 70.4 Å². The predicted octanol–water partition coefficient (Wildman–Crippen LogP) is 2.45. The standard InChI is InChI=1S/C20H24F2N4O2/c1-12-8-18(28-25-12)15-11-23-24-20(15)17-4-2-3-7-26(17)19(27)10-13-9-14(21)5-6-16(13)22/h5-6,8-9,15,17,20,23-24H,2-4,7,10-11H2,1H3. The minimum Gasteiger partial charge on any atom is -0.361 e. The summed E-state index contributed by atoms with van der Waals surface area (Å²) in [6.07, 6.45) is 2.62. The predicted molar refractivity (Wildman–Crippen MR) is 98.3 cm³/mol. The first kappa shape index (κ1) is 19.0. The molecule has 2 fully saturated rings. The molecule has 2 N–H and O–H groups in total. The highest BCUT2D eigenvalue weighted by atomic mass is 19.1. The van der Waals surface area contributed by atoms with Crippen molar-refractivity contribution in [2.75, 3.05) is 13.1 Å². The molecule has 1 amide bonds. The van der Waals surface area contributed by atoms with E-state index in [-0.39, 0.29) is 35.9 Å². The number of benzene rings is 1. The molecular weight excluding hydrogens is 366 g/mol. The monoisotopic (exact) mass is 390 g/mol. The van der Waals surface area contributed by atoms with Crippen LogP contribution in [0.1, 0.15) is 42.2 Å². The van der Waals surface area contributed by atoms with Crippen LogP contribution in [0.2, 0.25) is 0 Å². The number of hydrogen-bond acceptors (Lipinski definition) is 5.